The third kappa shape index (κ3) is 4.28. The first-order chi connectivity index (χ1) is 14.2. The highest BCUT2D eigenvalue weighted by molar-refractivity contribution is 5.93. The number of amides is 2. The number of aromatic amines is 1. The number of hydrogen-bond acceptors (Lipinski definition) is 4. The molecule has 0 saturated carbocycles. The molecule has 4 rings (SSSR count). The van der Waals surface area contributed by atoms with Crippen LogP contribution in [-0.2, 0) is 11.2 Å². The molecule has 2 N–H and O–H groups in total. The zero-order chi connectivity index (χ0) is 20.1. The highest BCUT2D eigenvalue weighted by Gasteiger charge is 2.43. The Morgan fingerprint density at radius 1 is 1.14 bits per heavy atom. The summed E-state index contributed by atoms with van der Waals surface area (Å²) in [6.45, 7) is 2.02. The summed E-state index contributed by atoms with van der Waals surface area (Å²) < 4.78 is 5.90. The summed E-state index contributed by atoms with van der Waals surface area (Å²) in [5.74, 6) is 0.862. The largest absolute Gasteiger partial charge is 0.491 e. The van der Waals surface area contributed by atoms with Gasteiger partial charge in [-0.15, -0.1) is 0 Å². The van der Waals surface area contributed by atoms with Gasteiger partial charge < -0.3 is 15.0 Å². The molecule has 1 unspecified atom stereocenters. The molecular weight excluding hydrogens is 368 g/mol. The molecule has 1 aromatic carbocycles. The fraction of sp³-hybridized carbons (Fsp3) is 0.500. The number of piperidine rings is 1. The lowest BCUT2D eigenvalue weighted by Gasteiger charge is -2.42. The summed E-state index contributed by atoms with van der Waals surface area (Å²) in [7, 11) is 0. The van der Waals surface area contributed by atoms with E-state index >= 15 is 0 Å². The van der Waals surface area contributed by atoms with Gasteiger partial charge in [-0.2, -0.15) is 5.10 Å². The van der Waals surface area contributed by atoms with Crippen LogP contribution < -0.4 is 10.1 Å². The van der Waals surface area contributed by atoms with Gasteiger partial charge in [0.1, 0.15) is 18.1 Å². The van der Waals surface area contributed by atoms with Gasteiger partial charge in [0, 0.05) is 19.3 Å². The van der Waals surface area contributed by atoms with E-state index in [4.69, 9.17) is 4.74 Å². The number of likely N-dealkylation sites (tertiary alicyclic amines) is 1. The highest BCUT2D eigenvalue weighted by atomic mass is 16.5. The maximum Gasteiger partial charge on any atom is 0.271 e. The third-order valence-electron chi connectivity index (χ3n) is 6.05. The number of nitrogens with zero attached hydrogens (tertiary/aromatic N) is 2. The number of hydrogen-bond donors (Lipinski definition) is 2. The molecule has 1 fully saturated rings. The molecule has 29 heavy (non-hydrogen) atoms. The summed E-state index contributed by atoms with van der Waals surface area (Å²) in [6.07, 6.45) is 6.86. The van der Waals surface area contributed by atoms with Gasteiger partial charge in [-0.3, -0.25) is 14.7 Å². The normalized spacial score (nSPS) is 23.3. The predicted molar refractivity (Wildman–Crippen MR) is 109 cm³/mol. The quantitative estimate of drug-likeness (QED) is 0.776. The number of para-hydroxylation sites is 1. The molecule has 1 saturated heterocycles. The van der Waals surface area contributed by atoms with E-state index in [2.05, 4.69) is 21.6 Å². The number of carbonyl (C=O) groups excluding carboxylic acids is 2. The van der Waals surface area contributed by atoms with Crippen molar-refractivity contribution in [3.8, 4) is 5.75 Å². The van der Waals surface area contributed by atoms with Gasteiger partial charge in [-0.1, -0.05) is 24.6 Å². The number of aromatic nitrogens is 2. The van der Waals surface area contributed by atoms with Crippen molar-refractivity contribution in [1.29, 1.82) is 0 Å². The van der Waals surface area contributed by atoms with Crippen LogP contribution in [0.3, 0.4) is 0 Å². The molecule has 3 heterocycles. The van der Waals surface area contributed by atoms with Crippen molar-refractivity contribution in [3.63, 3.8) is 0 Å². The van der Waals surface area contributed by atoms with E-state index in [1.807, 2.05) is 18.2 Å². The third-order valence-corrected chi connectivity index (χ3v) is 6.05. The molecule has 154 valence electrons. The van der Waals surface area contributed by atoms with Crippen LogP contribution in [0, 0.1) is 5.41 Å². The van der Waals surface area contributed by atoms with E-state index < -0.39 is 5.41 Å². The molecule has 2 amide bonds. The number of rotatable bonds is 1. The van der Waals surface area contributed by atoms with Crippen LogP contribution in [0.2, 0.25) is 0 Å². The average molecular weight is 396 g/mol. The minimum Gasteiger partial charge on any atom is -0.491 e. The van der Waals surface area contributed by atoms with E-state index in [-0.39, 0.29) is 11.8 Å². The Morgan fingerprint density at radius 2 is 2.00 bits per heavy atom. The van der Waals surface area contributed by atoms with Crippen molar-refractivity contribution in [2.45, 2.75) is 38.5 Å². The van der Waals surface area contributed by atoms with Crippen LogP contribution in [0.15, 0.2) is 36.5 Å². The van der Waals surface area contributed by atoms with Crippen molar-refractivity contribution in [2.24, 2.45) is 5.41 Å². The zero-order valence-corrected chi connectivity index (χ0v) is 16.7. The zero-order valence-electron chi connectivity index (χ0n) is 16.7. The molecule has 7 nitrogen and oxygen atoms in total. The first-order valence-corrected chi connectivity index (χ1v) is 10.5. The van der Waals surface area contributed by atoms with Gasteiger partial charge in [-0.25, -0.2) is 0 Å². The van der Waals surface area contributed by atoms with Crippen LogP contribution in [0.5, 0.6) is 5.75 Å². The molecule has 1 atom stereocenters. The van der Waals surface area contributed by atoms with E-state index in [1.54, 1.807) is 17.2 Å². The predicted octanol–water partition coefficient (Wildman–Crippen LogP) is 2.55. The van der Waals surface area contributed by atoms with Crippen molar-refractivity contribution < 1.29 is 14.3 Å². The van der Waals surface area contributed by atoms with Gasteiger partial charge in [0.25, 0.3) is 5.91 Å². The fourth-order valence-corrected chi connectivity index (χ4v) is 4.50. The Balaban J connectivity index is 1.49. The second-order valence-corrected chi connectivity index (χ2v) is 8.00. The summed E-state index contributed by atoms with van der Waals surface area (Å²) in [4.78, 5) is 27.8. The molecule has 0 radical (unpaired) electrons. The Bertz CT molecular complexity index is 852. The number of H-pyrrole nitrogens is 1. The number of carbonyl (C=O) groups is 2. The van der Waals surface area contributed by atoms with Gasteiger partial charge in [0.15, 0.2) is 0 Å². The van der Waals surface area contributed by atoms with Gasteiger partial charge in [0.05, 0.1) is 12.0 Å². The summed E-state index contributed by atoms with van der Waals surface area (Å²) in [6, 6.07) is 9.80. The lowest BCUT2D eigenvalue weighted by Crippen LogP contribution is -2.54. The molecule has 0 bridgehead atoms. The topological polar surface area (TPSA) is 87.3 Å². The van der Waals surface area contributed by atoms with E-state index in [0.29, 0.717) is 31.9 Å². The monoisotopic (exact) mass is 396 g/mol. The molecule has 7 heteroatoms. The second kappa shape index (κ2) is 8.68. The van der Waals surface area contributed by atoms with Crippen molar-refractivity contribution in [1.82, 2.24) is 20.4 Å². The second-order valence-electron chi connectivity index (χ2n) is 8.00. The number of nitrogens with one attached hydrogen (secondary N) is 2. The summed E-state index contributed by atoms with van der Waals surface area (Å²) >= 11 is 0. The molecule has 2 aromatic rings. The van der Waals surface area contributed by atoms with E-state index in [1.165, 1.54) is 5.56 Å². The Labute approximate surface area is 170 Å². The Morgan fingerprint density at radius 3 is 2.86 bits per heavy atom. The molecule has 1 spiro atoms. The molecule has 2 aliphatic heterocycles. The maximum atomic E-state index is 13.2. The number of fused-ring (bicyclic) bond motifs is 1. The van der Waals surface area contributed by atoms with Gasteiger partial charge >= 0.3 is 0 Å². The standard InChI is InChI=1S/C22H28N4O3/c27-20(18-9-12-24-25-18)26-14-5-11-22(16-26)10-4-3-7-17-6-1-2-8-19(17)29-15-13-23-21(22)28/h1-2,6,8-9,12H,3-5,7,10-11,13-16H2,(H,23,28)(H,24,25). The number of aryl methyl sites for hydroxylation is 1. The summed E-state index contributed by atoms with van der Waals surface area (Å²) in [5, 5.41) is 9.69. The first-order valence-electron chi connectivity index (χ1n) is 10.5. The lowest BCUT2D eigenvalue weighted by molar-refractivity contribution is -0.134. The Kier molecular flexibility index (Phi) is 5.83. The van der Waals surface area contributed by atoms with Crippen LogP contribution in [-0.4, -0.2) is 53.2 Å². The minimum absolute atomic E-state index is 0.0390. The van der Waals surface area contributed by atoms with E-state index in [0.717, 1.165) is 44.3 Å². The van der Waals surface area contributed by atoms with Crippen molar-refractivity contribution in [3.05, 3.63) is 47.8 Å². The molecule has 2 aliphatic rings. The minimum atomic E-state index is -0.535. The molecular formula is C22H28N4O3. The van der Waals surface area contributed by atoms with Crippen molar-refractivity contribution >= 4 is 11.8 Å². The average Bonchev–Trinajstić information content (AvgIpc) is 3.29. The molecule has 1 aromatic heterocycles. The smallest absolute Gasteiger partial charge is 0.271 e. The highest BCUT2D eigenvalue weighted by Crippen LogP contribution is 2.36. The lowest BCUT2D eigenvalue weighted by atomic mass is 9.74. The number of benzene rings is 1. The number of ether oxygens (including phenoxy) is 1. The van der Waals surface area contributed by atoms with Gasteiger partial charge in [0.2, 0.25) is 5.91 Å². The fourth-order valence-electron chi connectivity index (χ4n) is 4.50. The van der Waals surface area contributed by atoms with Crippen LogP contribution in [0.1, 0.15) is 48.2 Å². The SMILES string of the molecule is O=C(c1ccn[nH]1)N1CCCC2(CCCCc3ccccc3OCCNC2=O)C1. The summed E-state index contributed by atoms with van der Waals surface area (Å²) in [5.41, 5.74) is 1.15. The van der Waals surface area contributed by atoms with Crippen LogP contribution >= 0.6 is 0 Å². The van der Waals surface area contributed by atoms with Crippen LogP contribution in [0.25, 0.3) is 0 Å². The Hall–Kier alpha value is -2.83. The van der Waals surface area contributed by atoms with Gasteiger partial charge in [-0.05, 0) is 49.8 Å². The maximum absolute atomic E-state index is 13.2. The van der Waals surface area contributed by atoms with Crippen LogP contribution in [0.4, 0.5) is 0 Å². The van der Waals surface area contributed by atoms with Crippen molar-refractivity contribution in [2.75, 3.05) is 26.2 Å². The first kappa shape index (κ1) is 19.5. The molecule has 0 aliphatic carbocycles. The van der Waals surface area contributed by atoms with E-state index in [9.17, 15) is 9.59 Å².